The van der Waals surface area contributed by atoms with Crippen LogP contribution in [-0.2, 0) is 6.42 Å². The molecule has 0 aliphatic heterocycles. The maximum Gasteiger partial charge on any atom is 0.227 e. The summed E-state index contributed by atoms with van der Waals surface area (Å²) in [7, 11) is 0. The molecule has 0 aliphatic carbocycles. The molecule has 0 unspecified atom stereocenters. The molecule has 0 saturated carbocycles. The summed E-state index contributed by atoms with van der Waals surface area (Å²) in [5.41, 5.74) is 0. The van der Waals surface area contributed by atoms with E-state index in [0.29, 0.717) is 11.9 Å². The van der Waals surface area contributed by atoms with Gasteiger partial charge in [-0.1, -0.05) is 13.3 Å². The lowest BCUT2D eigenvalue weighted by Crippen LogP contribution is -2.11. The molecule has 0 amide bonds. The van der Waals surface area contributed by atoms with E-state index in [2.05, 4.69) is 32.5 Å². The topological polar surface area (TPSA) is 62.7 Å². The lowest BCUT2D eigenvalue weighted by Gasteiger charge is -2.07. The number of hydrogen-bond acceptors (Lipinski definition) is 5. The van der Waals surface area contributed by atoms with E-state index < -0.39 is 0 Å². The second-order valence-corrected chi connectivity index (χ2v) is 3.56. The third-order valence-corrected chi connectivity index (χ3v) is 2.11. The number of hydrogen-bond donors (Lipinski definition) is 2. The van der Waals surface area contributed by atoms with Crippen molar-refractivity contribution in [1.29, 1.82) is 0 Å². The van der Waals surface area contributed by atoms with Crippen molar-refractivity contribution < 1.29 is 0 Å². The summed E-state index contributed by atoms with van der Waals surface area (Å²) < 4.78 is 0. The number of aromatic nitrogens is 3. The monoisotopic (exact) mass is 223 g/mol. The molecule has 0 fully saturated rings. The molecule has 1 rings (SSSR count). The van der Waals surface area contributed by atoms with Gasteiger partial charge in [0, 0.05) is 19.5 Å². The molecule has 0 aliphatic rings. The van der Waals surface area contributed by atoms with E-state index in [1.165, 1.54) is 0 Å². The first kappa shape index (κ1) is 12.7. The number of aryl methyl sites for hydroxylation is 1. The molecule has 0 saturated heterocycles. The molecular weight excluding hydrogens is 202 g/mol. The van der Waals surface area contributed by atoms with E-state index in [-0.39, 0.29) is 0 Å². The summed E-state index contributed by atoms with van der Waals surface area (Å²) in [6, 6.07) is 0. The zero-order valence-electron chi connectivity index (χ0n) is 10.4. The Hall–Kier alpha value is -1.39. The maximum absolute atomic E-state index is 4.37. The normalized spacial score (nSPS) is 10.2. The van der Waals surface area contributed by atoms with E-state index in [9.17, 15) is 0 Å². The van der Waals surface area contributed by atoms with E-state index in [1.807, 2.05) is 13.8 Å². The smallest absolute Gasteiger partial charge is 0.227 e. The number of unbranched alkanes of at least 4 members (excludes halogenated alkanes) is 1. The highest BCUT2D eigenvalue weighted by atomic mass is 15.2. The molecule has 0 atom stereocenters. The average molecular weight is 223 g/mol. The Morgan fingerprint density at radius 3 is 1.88 bits per heavy atom. The highest BCUT2D eigenvalue weighted by molar-refractivity contribution is 5.34. The lowest BCUT2D eigenvalue weighted by molar-refractivity contribution is 0.746. The second kappa shape index (κ2) is 6.98. The predicted molar refractivity (Wildman–Crippen MR) is 66.8 cm³/mol. The van der Waals surface area contributed by atoms with Crippen molar-refractivity contribution in [2.45, 2.75) is 40.0 Å². The molecular formula is C11H21N5. The largest absolute Gasteiger partial charge is 0.354 e. The van der Waals surface area contributed by atoms with Crippen LogP contribution >= 0.6 is 0 Å². The molecule has 1 heterocycles. The van der Waals surface area contributed by atoms with Crippen molar-refractivity contribution in [1.82, 2.24) is 15.0 Å². The fraction of sp³-hybridized carbons (Fsp3) is 0.727. The number of nitrogens with one attached hydrogen (secondary N) is 2. The third-order valence-electron chi connectivity index (χ3n) is 2.11. The van der Waals surface area contributed by atoms with Crippen molar-refractivity contribution in [2.24, 2.45) is 0 Å². The van der Waals surface area contributed by atoms with Crippen molar-refractivity contribution >= 4 is 11.9 Å². The van der Waals surface area contributed by atoms with E-state index in [4.69, 9.17) is 0 Å². The molecule has 16 heavy (non-hydrogen) atoms. The summed E-state index contributed by atoms with van der Waals surface area (Å²) >= 11 is 0. The molecule has 0 spiro atoms. The molecule has 2 N–H and O–H groups in total. The first-order valence-corrected chi connectivity index (χ1v) is 6.02. The van der Waals surface area contributed by atoms with Gasteiger partial charge < -0.3 is 10.6 Å². The van der Waals surface area contributed by atoms with Gasteiger partial charge in [0.2, 0.25) is 11.9 Å². The van der Waals surface area contributed by atoms with Crippen LogP contribution in [0.1, 0.15) is 39.4 Å². The Labute approximate surface area is 97.1 Å². The van der Waals surface area contributed by atoms with Crippen LogP contribution in [0.15, 0.2) is 0 Å². The van der Waals surface area contributed by atoms with Gasteiger partial charge >= 0.3 is 0 Å². The molecule has 90 valence electrons. The van der Waals surface area contributed by atoms with Gasteiger partial charge in [0.25, 0.3) is 0 Å². The minimum Gasteiger partial charge on any atom is -0.354 e. The zero-order chi connectivity index (χ0) is 11.8. The van der Waals surface area contributed by atoms with Gasteiger partial charge in [0.05, 0.1) is 0 Å². The fourth-order valence-electron chi connectivity index (χ4n) is 1.34. The van der Waals surface area contributed by atoms with Crippen LogP contribution in [0, 0.1) is 0 Å². The quantitative estimate of drug-likeness (QED) is 0.741. The molecule has 0 radical (unpaired) electrons. The molecule has 1 aromatic rings. The van der Waals surface area contributed by atoms with Gasteiger partial charge in [0.1, 0.15) is 5.82 Å². The van der Waals surface area contributed by atoms with Gasteiger partial charge in [-0.25, -0.2) is 0 Å². The van der Waals surface area contributed by atoms with E-state index in [0.717, 1.165) is 38.2 Å². The maximum atomic E-state index is 4.37. The lowest BCUT2D eigenvalue weighted by atomic mass is 10.2. The Bertz CT molecular complexity index is 289. The van der Waals surface area contributed by atoms with Gasteiger partial charge in [-0.05, 0) is 20.3 Å². The molecule has 0 bridgehead atoms. The van der Waals surface area contributed by atoms with Gasteiger partial charge in [-0.3, -0.25) is 0 Å². The zero-order valence-corrected chi connectivity index (χ0v) is 10.4. The number of nitrogens with zero attached hydrogens (tertiary/aromatic N) is 3. The SMILES string of the molecule is CCCCc1nc(NCC)nc(NCC)n1. The standard InChI is InChI=1S/C11H21N5/c1-4-7-8-9-14-10(12-5-2)16-11(15-9)13-6-3/h4-8H2,1-3H3,(H2,12,13,14,15,16). The fourth-order valence-corrected chi connectivity index (χ4v) is 1.34. The molecule has 5 heteroatoms. The van der Waals surface area contributed by atoms with Gasteiger partial charge in [0.15, 0.2) is 0 Å². The minimum atomic E-state index is 0.666. The van der Waals surface area contributed by atoms with Crippen LogP contribution in [-0.4, -0.2) is 28.0 Å². The van der Waals surface area contributed by atoms with Crippen molar-refractivity contribution in [3.05, 3.63) is 5.82 Å². The van der Waals surface area contributed by atoms with Crippen LogP contribution in [0.4, 0.5) is 11.9 Å². The number of anilines is 2. The van der Waals surface area contributed by atoms with Crippen molar-refractivity contribution in [3.8, 4) is 0 Å². The molecule has 1 aromatic heterocycles. The summed E-state index contributed by atoms with van der Waals surface area (Å²) in [4.78, 5) is 13.0. The first-order valence-electron chi connectivity index (χ1n) is 6.02. The summed E-state index contributed by atoms with van der Waals surface area (Å²) in [5.74, 6) is 2.20. The van der Waals surface area contributed by atoms with Crippen LogP contribution in [0.2, 0.25) is 0 Å². The summed E-state index contributed by atoms with van der Waals surface area (Å²) in [5, 5.41) is 6.24. The van der Waals surface area contributed by atoms with Crippen LogP contribution < -0.4 is 10.6 Å². The highest BCUT2D eigenvalue weighted by Gasteiger charge is 2.04. The highest BCUT2D eigenvalue weighted by Crippen LogP contribution is 2.07. The predicted octanol–water partition coefficient (Wildman–Crippen LogP) is 2.08. The van der Waals surface area contributed by atoms with E-state index >= 15 is 0 Å². The van der Waals surface area contributed by atoms with Crippen molar-refractivity contribution in [3.63, 3.8) is 0 Å². The van der Waals surface area contributed by atoms with Crippen LogP contribution in [0.5, 0.6) is 0 Å². The number of rotatable bonds is 7. The van der Waals surface area contributed by atoms with Gasteiger partial charge in [-0.15, -0.1) is 0 Å². The van der Waals surface area contributed by atoms with Crippen molar-refractivity contribution in [2.75, 3.05) is 23.7 Å². The van der Waals surface area contributed by atoms with Gasteiger partial charge in [-0.2, -0.15) is 15.0 Å². The van der Waals surface area contributed by atoms with Crippen LogP contribution in [0.3, 0.4) is 0 Å². The summed E-state index contributed by atoms with van der Waals surface area (Å²) in [6.07, 6.45) is 3.18. The average Bonchev–Trinajstić information content (AvgIpc) is 2.27. The third kappa shape index (κ3) is 4.00. The minimum absolute atomic E-state index is 0.666. The second-order valence-electron chi connectivity index (χ2n) is 3.56. The van der Waals surface area contributed by atoms with E-state index in [1.54, 1.807) is 0 Å². The van der Waals surface area contributed by atoms with Crippen LogP contribution in [0.25, 0.3) is 0 Å². The molecule has 5 nitrogen and oxygen atoms in total. The Kier molecular flexibility index (Phi) is 5.53. The Morgan fingerprint density at radius 2 is 1.44 bits per heavy atom. The Balaban J connectivity index is 2.80. The molecule has 0 aromatic carbocycles. The Morgan fingerprint density at radius 1 is 0.875 bits per heavy atom. The first-order chi connectivity index (χ1) is 7.80. The summed E-state index contributed by atoms with van der Waals surface area (Å²) in [6.45, 7) is 7.87.